The Hall–Kier alpha value is -2.36. The summed E-state index contributed by atoms with van der Waals surface area (Å²) in [5.41, 5.74) is 0.152. The second kappa shape index (κ2) is 8.56. The van der Waals surface area contributed by atoms with Crippen LogP contribution in [0.4, 0.5) is 8.78 Å². The maximum atomic E-state index is 14.5. The Labute approximate surface area is 167 Å². The molecule has 3 rings (SSSR count). The van der Waals surface area contributed by atoms with Gasteiger partial charge in [0.15, 0.2) is 0 Å². The molecule has 29 heavy (non-hydrogen) atoms. The number of hydrogen-bond donors (Lipinski definition) is 1. The minimum absolute atomic E-state index is 0.170. The molecule has 2 atom stereocenters. The standard InChI is InChI=1S/C20H21F2NO5S/c1-28-20(25)11-14-9-17(22)15(10-16(14)21)12-23-19(24)8-7-18(29(23,26)27)13-5-3-2-4-6-13/h2-6,9-10,18-19,24H,7-8,11-12H2,1H3/t18-,19+/m1/s1. The number of benzene rings is 2. The van der Waals surface area contributed by atoms with E-state index in [4.69, 9.17) is 0 Å². The highest BCUT2D eigenvalue weighted by atomic mass is 32.2. The lowest BCUT2D eigenvalue weighted by Crippen LogP contribution is -2.46. The molecule has 9 heteroatoms. The van der Waals surface area contributed by atoms with Crippen molar-refractivity contribution >= 4 is 16.0 Å². The second-order valence-electron chi connectivity index (χ2n) is 6.84. The van der Waals surface area contributed by atoms with E-state index in [-0.39, 0.29) is 24.0 Å². The molecule has 0 amide bonds. The van der Waals surface area contributed by atoms with Gasteiger partial charge >= 0.3 is 5.97 Å². The van der Waals surface area contributed by atoms with Gasteiger partial charge in [0.05, 0.1) is 13.5 Å². The molecule has 1 heterocycles. The van der Waals surface area contributed by atoms with Crippen LogP contribution in [0.15, 0.2) is 42.5 Å². The van der Waals surface area contributed by atoms with Crippen LogP contribution in [-0.4, -0.2) is 37.1 Å². The number of halogens is 2. The molecular weight excluding hydrogens is 404 g/mol. The molecule has 2 aromatic rings. The fourth-order valence-electron chi connectivity index (χ4n) is 3.41. The average molecular weight is 425 g/mol. The van der Waals surface area contributed by atoms with Gasteiger partial charge < -0.3 is 9.84 Å². The largest absolute Gasteiger partial charge is 0.469 e. The molecular formula is C20H21F2NO5S. The fraction of sp³-hybridized carbons (Fsp3) is 0.350. The monoisotopic (exact) mass is 425 g/mol. The summed E-state index contributed by atoms with van der Waals surface area (Å²) < 4.78 is 60.2. The third-order valence-corrected chi connectivity index (χ3v) is 7.23. The summed E-state index contributed by atoms with van der Waals surface area (Å²) >= 11 is 0. The molecule has 0 radical (unpaired) electrons. The molecule has 0 aromatic heterocycles. The molecule has 1 aliphatic heterocycles. The Morgan fingerprint density at radius 2 is 1.76 bits per heavy atom. The molecule has 156 valence electrons. The van der Waals surface area contributed by atoms with E-state index in [2.05, 4.69) is 4.74 Å². The zero-order chi connectivity index (χ0) is 21.2. The van der Waals surface area contributed by atoms with Gasteiger partial charge in [-0.15, -0.1) is 0 Å². The number of carbonyl (C=O) groups is 1. The van der Waals surface area contributed by atoms with Gasteiger partial charge in [0.1, 0.15) is 23.1 Å². The van der Waals surface area contributed by atoms with Crippen molar-refractivity contribution in [2.75, 3.05) is 7.11 Å². The van der Waals surface area contributed by atoms with E-state index < -0.39 is 52.1 Å². The first kappa shape index (κ1) is 21.4. The van der Waals surface area contributed by atoms with Gasteiger partial charge in [0, 0.05) is 17.7 Å². The minimum Gasteiger partial charge on any atom is -0.469 e. The molecule has 0 spiro atoms. The number of hydrogen-bond acceptors (Lipinski definition) is 5. The highest BCUT2D eigenvalue weighted by molar-refractivity contribution is 7.89. The second-order valence-corrected chi connectivity index (χ2v) is 8.90. The first-order valence-electron chi connectivity index (χ1n) is 9.01. The van der Waals surface area contributed by atoms with Crippen molar-refractivity contribution in [2.24, 2.45) is 0 Å². The number of aliphatic hydroxyl groups excluding tert-OH is 1. The molecule has 0 saturated carbocycles. The minimum atomic E-state index is -4.01. The maximum absolute atomic E-state index is 14.5. The predicted octanol–water partition coefficient (Wildman–Crippen LogP) is 2.67. The van der Waals surface area contributed by atoms with Crippen molar-refractivity contribution in [1.82, 2.24) is 4.31 Å². The van der Waals surface area contributed by atoms with Gasteiger partial charge in [-0.05, 0) is 30.5 Å². The Morgan fingerprint density at radius 1 is 1.14 bits per heavy atom. The summed E-state index contributed by atoms with van der Waals surface area (Å²) in [4.78, 5) is 11.3. The zero-order valence-electron chi connectivity index (χ0n) is 15.7. The normalized spacial score (nSPS) is 21.7. The number of aliphatic hydroxyl groups is 1. The van der Waals surface area contributed by atoms with E-state index in [1.165, 1.54) is 0 Å². The van der Waals surface area contributed by atoms with Crippen LogP contribution in [0.5, 0.6) is 0 Å². The van der Waals surface area contributed by atoms with E-state index >= 15 is 0 Å². The topological polar surface area (TPSA) is 83.9 Å². The van der Waals surface area contributed by atoms with Crippen molar-refractivity contribution in [3.8, 4) is 0 Å². The van der Waals surface area contributed by atoms with Gasteiger partial charge in [-0.25, -0.2) is 17.2 Å². The lowest BCUT2D eigenvalue weighted by Gasteiger charge is -2.36. The first-order chi connectivity index (χ1) is 13.7. The third-order valence-electron chi connectivity index (χ3n) is 4.98. The molecule has 2 aromatic carbocycles. The highest BCUT2D eigenvalue weighted by Crippen LogP contribution is 2.37. The molecule has 0 bridgehead atoms. The molecule has 0 aliphatic carbocycles. The predicted molar refractivity (Wildman–Crippen MR) is 101 cm³/mol. The van der Waals surface area contributed by atoms with E-state index in [1.54, 1.807) is 30.3 Å². The molecule has 6 nitrogen and oxygen atoms in total. The summed E-state index contributed by atoms with van der Waals surface area (Å²) in [5.74, 6) is -2.44. The molecule has 0 unspecified atom stereocenters. The van der Waals surface area contributed by atoms with Crippen LogP contribution in [-0.2, 0) is 32.5 Å². The summed E-state index contributed by atoms with van der Waals surface area (Å²) in [7, 11) is -2.87. The van der Waals surface area contributed by atoms with E-state index in [9.17, 15) is 27.1 Å². The Kier molecular flexibility index (Phi) is 6.30. The molecule has 1 aliphatic rings. The number of ether oxygens (including phenoxy) is 1. The van der Waals surface area contributed by atoms with Crippen molar-refractivity contribution in [3.05, 3.63) is 70.8 Å². The average Bonchev–Trinajstić information content (AvgIpc) is 2.68. The summed E-state index contributed by atoms with van der Waals surface area (Å²) in [6, 6.07) is 10.3. The zero-order valence-corrected chi connectivity index (χ0v) is 16.5. The Morgan fingerprint density at radius 3 is 2.41 bits per heavy atom. The van der Waals surface area contributed by atoms with E-state index in [1.807, 2.05) is 0 Å². The van der Waals surface area contributed by atoms with Gasteiger partial charge in [-0.1, -0.05) is 30.3 Å². The molecule has 1 saturated heterocycles. The maximum Gasteiger partial charge on any atom is 0.310 e. The number of methoxy groups -OCH3 is 1. The van der Waals surface area contributed by atoms with E-state index in [0.717, 1.165) is 23.5 Å². The molecule has 1 fully saturated rings. The van der Waals surface area contributed by atoms with Gasteiger partial charge in [-0.2, -0.15) is 4.31 Å². The van der Waals surface area contributed by atoms with Crippen LogP contribution in [0.3, 0.4) is 0 Å². The Balaban J connectivity index is 1.90. The van der Waals surface area contributed by atoms with Gasteiger partial charge in [0.25, 0.3) is 0 Å². The number of carbonyl (C=O) groups excluding carboxylic acids is 1. The van der Waals surface area contributed by atoms with Crippen molar-refractivity contribution in [2.45, 2.75) is 37.3 Å². The van der Waals surface area contributed by atoms with Crippen LogP contribution >= 0.6 is 0 Å². The van der Waals surface area contributed by atoms with E-state index in [0.29, 0.717) is 5.56 Å². The lowest BCUT2D eigenvalue weighted by molar-refractivity contribution is -0.139. The van der Waals surface area contributed by atoms with Crippen molar-refractivity contribution in [3.63, 3.8) is 0 Å². The van der Waals surface area contributed by atoms with Crippen molar-refractivity contribution < 1.29 is 31.8 Å². The summed E-state index contributed by atoms with van der Waals surface area (Å²) in [6.07, 6.45) is -1.39. The van der Waals surface area contributed by atoms with Crippen LogP contribution < -0.4 is 0 Å². The fourth-order valence-corrected chi connectivity index (χ4v) is 5.44. The highest BCUT2D eigenvalue weighted by Gasteiger charge is 2.41. The number of sulfonamides is 1. The van der Waals surface area contributed by atoms with Crippen molar-refractivity contribution in [1.29, 1.82) is 0 Å². The van der Waals surface area contributed by atoms with Crippen LogP contribution in [0, 0.1) is 11.6 Å². The van der Waals surface area contributed by atoms with Crippen LogP contribution in [0.1, 0.15) is 34.8 Å². The molecule has 1 N–H and O–H groups in total. The quantitative estimate of drug-likeness (QED) is 0.745. The number of nitrogens with zero attached hydrogens (tertiary/aromatic N) is 1. The number of esters is 1. The third kappa shape index (κ3) is 4.47. The summed E-state index contributed by atoms with van der Waals surface area (Å²) in [6.45, 7) is -0.520. The smallest absolute Gasteiger partial charge is 0.310 e. The van der Waals surface area contributed by atoms with Gasteiger partial charge in [-0.3, -0.25) is 4.79 Å². The first-order valence-corrected chi connectivity index (χ1v) is 10.5. The lowest BCUT2D eigenvalue weighted by atomic mass is 10.1. The SMILES string of the molecule is COC(=O)Cc1cc(F)c(CN2[C@@H](O)CC[C@H](c3ccccc3)S2(=O)=O)cc1F. The Bertz CT molecular complexity index is 997. The van der Waals surface area contributed by atoms with Gasteiger partial charge in [0.2, 0.25) is 10.0 Å². The number of rotatable bonds is 5. The van der Waals surface area contributed by atoms with Crippen LogP contribution in [0.2, 0.25) is 0 Å². The van der Waals surface area contributed by atoms with Crippen LogP contribution in [0.25, 0.3) is 0 Å². The summed E-state index contributed by atoms with van der Waals surface area (Å²) in [5, 5.41) is 9.39.